The molecule has 0 radical (unpaired) electrons. The summed E-state index contributed by atoms with van der Waals surface area (Å²) in [6, 6.07) is 8.39. The van der Waals surface area contributed by atoms with Gasteiger partial charge in [0, 0.05) is 23.5 Å². The van der Waals surface area contributed by atoms with E-state index in [9.17, 15) is 5.11 Å². The van der Waals surface area contributed by atoms with Crippen molar-refractivity contribution in [3.8, 4) is 0 Å². The van der Waals surface area contributed by atoms with Gasteiger partial charge in [-0.1, -0.05) is 35.0 Å². The van der Waals surface area contributed by atoms with Crippen LogP contribution in [-0.4, -0.2) is 35.7 Å². The Hall–Kier alpha value is -0.380. The van der Waals surface area contributed by atoms with Crippen molar-refractivity contribution < 1.29 is 5.11 Å². The molecule has 1 saturated heterocycles. The Bertz CT molecular complexity index is 369. The molecule has 2 rings (SSSR count). The zero-order valence-corrected chi connectivity index (χ0v) is 11.9. The minimum atomic E-state index is -0.142. The molecule has 2 nitrogen and oxygen atoms in total. The van der Waals surface area contributed by atoms with Gasteiger partial charge in [-0.25, -0.2) is 0 Å². The second-order valence-electron chi connectivity index (χ2n) is 4.84. The summed E-state index contributed by atoms with van der Waals surface area (Å²) in [5, 5.41) is 10.1. The lowest BCUT2D eigenvalue weighted by Crippen LogP contribution is -2.43. The minimum absolute atomic E-state index is 0.142. The number of rotatable bonds is 3. The average Bonchev–Trinajstić information content (AvgIpc) is 2.32. The lowest BCUT2D eigenvalue weighted by molar-refractivity contribution is 0.0290. The van der Waals surface area contributed by atoms with E-state index in [-0.39, 0.29) is 6.10 Å². The van der Waals surface area contributed by atoms with Crippen LogP contribution in [0, 0.1) is 5.92 Å². The maximum absolute atomic E-state index is 10.1. The van der Waals surface area contributed by atoms with Crippen LogP contribution in [0.4, 0.5) is 0 Å². The number of piperidine rings is 1. The van der Waals surface area contributed by atoms with E-state index in [1.165, 1.54) is 5.56 Å². The summed E-state index contributed by atoms with van der Waals surface area (Å²) in [5.41, 5.74) is 1.31. The van der Waals surface area contributed by atoms with Gasteiger partial charge in [0.25, 0.3) is 0 Å². The second kappa shape index (κ2) is 5.98. The Morgan fingerprint density at radius 1 is 1.47 bits per heavy atom. The molecule has 1 heterocycles. The Morgan fingerprint density at radius 3 is 3.00 bits per heavy atom. The van der Waals surface area contributed by atoms with Gasteiger partial charge in [-0.3, -0.25) is 0 Å². The molecule has 0 aliphatic carbocycles. The van der Waals surface area contributed by atoms with Gasteiger partial charge in [-0.2, -0.15) is 0 Å². The van der Waals surface area contributed by atoms with Crippen LogP contribution in [0.5, 0.6) is 0 Å². The first kappa shape index (κ1) is 13.1. The molecule has 0 bridgehead atoms. The van der Waals surface area contributed by atoms with Crippen molar-refractivity contribution in [3.05, 3.63) is 34.3 Å². The zero-order valence-electron chi connectivity index (χ0n) is 10.3. The summed E-state index contributed by atoms with van der Waals surface area (Å²) in [6.45, 7) is 5.33. The fourth-order valence-corrected chi connectivity index (χ4v) is 3.00. The van der Waals surface area contributed by atoms with E-state index in [4.69, 9.17) is 0 Å². The molecule has 17 heavy (non-hydrogen) atoms. The maximum Gasteiger partial charge on any atom is 0.0596 e. The Morgan fingerprint density at radius 2 is 2.29 bits per heavy atom. The molecule has 1 aromatic carbocycles. The molecule has 2 unspecified atom stereocenters. The van der Waals surface area contributed by atoms with Crippen molar-refractivity contribution >= 4 is 15.9 Å². The van der Waals surface area contributed by atoms with Gasteiger partial charge in [-0.15, -0.1) is 0 Å². The van der Waals surface area contributed by atoms with Crippen molar-refractivity contribution in [1.82, 2.24) is 4.90 Å². The Kier molecular flexibility index (Phi) is 4.60. The fraction of sp³-hybridized carbons (Fsp3) is 0.571. The normalized spacial score (nSPS) is 26.1. The summed E-state index contributed by atoms with van der Waals surface area (Å²) in [7, 11) is 0. The predicted octanol–water partition coefficient (Wildman–Crippen LogP) is 2.69. The van der Waals surface area contributed by atoms with Gasteiger partial charge in [-0.05, 0) is 37.1 Å². The van der Waals surface area contributed by atoms with Gasteiger partial charge in [0.2, 0.25) is 0 Å². The summed E-state index contributed by atoms with van der Waals surface area (Å²) in [5.74, 6) is 0.373. The van der Waals surface area contributed by atoms with E-state index in [0.717, 1.165) is 36.9 Å². The van der Waals surface area contributed by atoms with Gasteiger partial charge in [0.05, 0.1) is 6.10 Å². The number of aliphatic hydroxyl groups excluding tert-OH is 1. The number of nitrogens with zero attached hydrogens (tertiary/aromatic N) is 1. The van der Waals surface area contributed by atoms with Crippen molar-refractivity contribution in [2.45, 2.75) is 25.9 Å². The third-order valence-corrected chi connectivity index (χ3v) is 4.11. The third-order valence-electron chi connectivity index (χ3n) is 3.61. The van der Waals surface area contributed by atoms with Crippen LogP contribution >= 0.6 is 15.9 Å². The molecule has 0 saturated carbocycles. The van der Waals surface area contributed by atoms with Crippen molar-refractivity contribution in [2.75, 3.05) is 19.6 Å². The van der Waals surface area contributed by atoms with E-state index in [1.807, 2.05) is 6.07 Å². The number of hydrogen-bond acceptors (Lipinski definition) is 2. The summed E-state index contributed by atoms with van der Waals surface area (Å²) < 4.78 is 1.12. The smallest absolute Gasteiger partial charge is 0.0596 e. The number of hydrogen-bond donors (Lipinski definition) is 1. The first-order valence-corrected chi connectivity index (χ1v) is 7.13. The second-order valence-corrected chi connectivity index (χ2v) is 5.76. The molecule has 2 atom stereocenters. The summed E-state index contributed by atoms with van der Waals surface area (Å²) in [4.78, 5) is 2.43. The van der Waals surface area contributed by atoms with E-state index in [1.54, 1.807) is 0 Å². The number of aliphatic hydroxyl groups is 1. The van der Waals surface area contributed by atoms with Gasteiger partial charge >= 0.3 is 0 Å². The molecule has 1 aliphatic heterocycles. The van der Waals surface area contributed by atoms with Crippen LogP contribution in [0.3, 0.4) is 0 Å². The third kappa shape index (κ3) is 3.54. The fourth-order valence-electron chi connectivity index (χ4n) is 2.55. The summed E-state index contributed by atoms with van der Waals surface area (Å²) in [6.07, 6.45) is 1.74. The van der Waals surface area contributed by atoms with Crippen LogP contribution in [0.15, 0.2) is 28.7 Å². The summed E-state index contributed by atoms with van der Waals surface area (Å²) >= 11 is 3.49. The van der Waals surface area contributed by atoms with Crippen LogP contribution in [0.25, 0.3) is 0 Å². The molecule has 0 amide bonds. The molecule has 1 N–H and O–H groups in total. The highest BCUT2D eigenvalue weighted by molar-refractivity contribution is 9.10. The highest BCUT2D eigenvalue weighted by atomic mass is 79.9. The van der Waals surface area contributed by atoms with Gasteiger partial charge in [0.1, 0.15) is 0 Å². The largest absolute Gasteiger partial charge is 0.393 e. The molecular formula is C14H20BrNO. The highest BCUT2D eigenvalue weighted by Gasteiger charge is 2.26. The van der Waals surface area contributed by atoms with E-state index < -0.39 is 0 Å². The Balaban J connectivity index is 2.01. The van der Waals surface area contributed by atoms with E-state index >= 15 is 0 Å². The predicted molar refractivity (Wildman–Crippen MR) is 74.1 cm³/mol. The molecule has 1 fully saturated rings. The zero-order chi connectivity index (χ0) is 12.3. The molecule has 94 valence electrons. The lowest BCUT2D eigenvalue weighted by Gasteiger charge is -2.35. The van der Waals surface area contributed by atoms with Gasteiger partial charge in [0.15, 0.2) is 0 Å². The molecule has 0 spiro atoms. The highest BCUT2D eigenvalue weighted by Crippen LogP contribution is 2.22. The topological polar surface area (TPSA) is 23.5 Å². The molecule has 0 aromatic heterocycles. The van der Waals surface area contributed by atoms with Crippen LogP contribution < -0.4 is 0 Å². The average molecular weight is 298 g/mol. The number of benzene rings is 1. The first-order chi connectivity index (χ1) is 8.19. The molecule has 3 heteroatoms. The molecule has 1 aromatic rings. The van der Waals surface area contributed by atoms with Gasteiger partial charge < -0.3 is 10.0 Å². The van der Waals surface area contributed by atoms with E-state index in [0.29, 0.717) is 5.92 Å². The maximum atomic E-state index is 10.1. The lowest BCUT2D eigenvalue weighted by atomic mass is 9.89. The monoisotopic (exact) mass is 297 g/mol. The van der Waals surface area contributed by atoms with Crippen LogP contribution in [-0.2, 0) is 6.42 Å². The molecular weight excluding hydrogens is 278 g/mol. The Labute approximate surface area is 112 Å². The standard InChI is InChI=1S/C14H20BrNO/c1-2-16-7-6-14(17)12(10-16)8-11-4-3-5-13(15)9-11/h3-5,9,12,14,17H,2,6-8,10H2,1H3. The SMILES string of the molecule is CCN1CCC(O)C(Cc2cccc(Br)c2)C1. The van der Waals surface area contributed by atoms with Crippen molar-refractivity contribution in [2.24, 2.45) is 5.92 Å². The van der Waals surface area contributed by atoms with Crippen molar-refractivity contribution in [1.29, 1.82) is 0 Å². The number of halogens is 1. The quantitative estimate of drug-likeness (QED) is 0.927. The van der Waals surface area contributed by atoms with E-state index in [2.05, 4.69) is 46.0 Å². The van der Waals surface area contributed by atoms with Crippen molar-refractivity contribution in [3.63, 3.8) is 0 Å². The number of likely N-dealkylation sites (tertiary alicyclic amines) is 1. The van der Waals surface area contributed by atoms with Crippen LogP contribution in [0.1, 0.15) is 18.9 Å². The van der Waals surface area contributed by atoms with Crippen LogP contribution in [0.2, 0.25) is 0 Å². The minimum Gasteiger partial charge on any atom is -0.393 e. The molecule has 1 aliphatic rings. The first-order valence-electron chi connectivity index (χ1n) is 6.34.